The van der Waals surface area contributed by atoms with E-state index in [1.807, 2.05) is 24.3 Å². The summed E-state index contributed by atoms with van der Waals surface area (Å²) in [5.74, 6) is 0.407. The van der Waals surface area contributed by atoms with Crippen LogP contribution in [0.4, 0.5) is 5.69 Å². The lowest BCUT2D eigenvalue weighted by Gasteiger charge is -2.36. The topological polar surface area (TPSA) is 92.7 Å². The molecule has 1 N–H and O–H groups in total. The van der Waals surface area contributed by atoms with Crippen LogP contribution in [0.2, 0.25) is 0 Å². The molecule has 0 unspecified atom stereocenters. The zero-order valence-electron chi connectivity index (χ0n) is 17.8. The zero-order chi connectivity index (χ0) is 22.2. The first-order valence-electron chi connectivity index (χ1n) is 9.80. The van der Waals surface area contributed by atoms with Gasteiger partial charge in [-0.3, -0.25) is 9.59 Å². The van der Waals surface area contributed by atoms with Gasteiger partial charge >= 0.3 is 11.8 Å². The maximum atomic E-state index is 12.5. The largest absolute Gasteiger partial charge is 0.495 e. The molecule has 3 rings (SSSR count). The molecule has 2 aromatic carbocycles. The van der Waals surface area contributed by atoms with Crippen molar-refractivity contribution in [2.45, 2.75) is 0 Å². The number of nitrogens with zero attached hydrogens (tertiary/aromatic N) is 3. The third-order valence-corrected chi connectivity index (χ3v) is 4.99. The van der Waals surface area contributed by atoms with E-state index in [9.17, 15) is 9.59 Å². The van der Waals surface area contributed by atoms with E-state index in [0.29, 0.717) is 43.2 Å². The third-order valence-electron chi connectivity index (χ3n) is 4.99. The Kier molecular flexibility index (Phi) is 7.31. The number of amides is 2. The number of benzene rings is 2. The van der Waals surface area contributed by atoms with E-state index in [4.69, 9.17) is 14.2 Å². The summed E-state index contributed by atoms with van der Waals surface area (Å²) >= 11 is 0. The molecule has 2 aromatic rings. The average Bonchev–Trinajstić information content (AvgIpc) is 2.83. The smallest absolute Gasteiger partial charge is 0.329 e. The maximum absolute atomic E-state index is 12.5. The summed E-state index contributed by atoms with van der Waals surface area (Å²) in [6, 6.07) is 13.0. The first-order valence-corrected chi connectivity index (χ1v) is 9.80. The average molecular weight is 426 g/mol. The molecule has 2 amide bonds. The second kappa shape index (κ2) is 10.3. The number of carbonyl (C=O) groups excluding carboxylic acids is 2. The van der Waals surface area contributed by atoms with Crippen molar-refractivity contribution in [3.05, 3.63) is 48.0 Å². The third kappa shape index (κ3) is 5.06. The highest BCUT2D eigenvalue weighted by molar-refractivity contribution is 6.35. The zero-order valence-corrected chi connectivity index (χ0v) is 17.8. The van der Waals surface area contributed by atoms with Gasteiger partial charge in [-0.1, -0.05) is 18.2 Å². The Bertz CT molecular complexity index is 955. The Balaban J connectivity index is 1.56. The van der Waals surface area contributed by atoms with Gasteiger partial charge < -0.3 is 24.0 Å². The molecule has 9 heteroatoms. The minimum atomic E-state index is -0.788. The van der Waals surface area contributed by atoms with Crippen LogP contribution < -0.4 is 24.5 Å². The molecular formula is C22H26N4O5. The van der Waals surface area contributed by atoms with Crippen LogP contribution in [0.3, 0.4) is 0 Å². The minimum Gasteiger partial charge on any atom is -0.495 e. The van der Waals surface area contributed by atoms with E-state index in [1.54, 1.807) is 25.3 Å². The van der Waals surface area contributed by atoms with Crippen LogP contribution in [-0.4, -0.2) is 70.4 Å². The van der Waals surface area contributed by atoms with Gasteiger partial charge in [0.1, 0.15) is 5.75 Å². The lowest BCUT2D eigenvalue weighted by atomic mass is 10.2. The molecule has 1 aliphatic heterocycles. The molecule has 164 valence electrons. The molecule has 0 saturated carbocycles. The standard InChI is InChI=1S/C22H26N4O5/c1-29-18-9-5-4-8-17(18)25-11-13-26(14-12-25)22(28)21(27)24-23-15-16-7-6-10-19(30-2)20(16)31-3/h4-10,15H,11-14H2,1-3H3,(H,24,27)/b23-15-. The Morgan fingerprint density at radius 1 is 0.903 bits per heavy atom. The van der Waals surface area contributed by atoms with E-state index in [2.05, 4.69) is 15.4 Å². The molecule has 0 atom stereocenters. The van der Waals surface area contributed by atoms with Crippen molar-refractivity contribution < 1.29 is 23.8 Å². The number of nitrogens with one attached hydrogen (secondary N) is 1. The highest BCUT2D eigenvalue weighted by Gasteiger charge is 2.26. The van der Waals surface area contributed by atoms with Gasteiger partial charge in [-0.2, -0.15) is 5.10 Å². The van der Waals surface area contributed by atoms with E-state index in [0.717, 1.165) is 11.4 Å². The predicted molar refractivity (Wildman–Crippen MR) is 117 cm³/mol. The molecule has 0 spiro atoms. The number of hydrazone groups is 1. The summed E-state index contributed by atoms with van der Waals surface area (Å²) in [5, 5.41) is 3.89. The monoisotopic (exact) mass is 426 g/mol. The number of para-hydroxylation sites is 3. The maximum Gasteiger partial charge on any atom is 0.329 e. The number of methoxy groups -OCH3 is 3. The van der Waals surface area contributed by atoms with Crippen molar-refractivity contribution in [3.8, 4) is 17.2 Å². The Morgan fingerprint density at radius 2 is 1.58 bits per heavy atom. The second-order valence-corrected chi connectivity index (χ2v) is 6.73. The van der Waals surface area contributed by atoms with E-state index in [-0.39, 0.29) is 0 Å². The fraction of sp³-hybridized carbons (Fsp3) is 0.318. The second-order valence-electron chi connectivity index (χ2n) is 6.73. The summed E-state index contributed by atoms with van der Waals surface area (Å²) < 4.78 is 15.9. The van der Waals surface area contributed by atoms with Crippen molar-refractivity contribution in [1.82, 2.24) is 10.3 Å². The minimum absolute atomic E-state index is 0.428. The van der Waals surface area contributed by atoms with Crippen molar-refractivity contribution in [2.24, 2.45) is 5.10 Å². The highest BCUT2D eigenvalue weighted by atomic mass is 16.5. The van der Waals surface area contributed by atoms with Gasteiger partial charge in [-0.05, 0) is 24.3 Å². The summed E-state index contributed by atoms with van der Waals surface area (Å²) in [4.78, 5) is 28.4. The lowest BCUT2D eigenvalue weighted by molar-refractivity contribution is -0.146. The summed E-state index contributed by atoms with van der Waals surface area (Å²) in [6.07, 6.45) is 1.41. The van der Waals surface area contributed by atoms with Gasteiger partial charge in [0.25, 0.3) is 0 Å². The predicted octanol–water partition coefficient (Wildman–Crippen LogP) is 1.51. The van der Waals surface area contributed by atoms with E-state index < -0.39 is 11.8 Å². The van der Waals surface area contributed by atoms with Gasteiger partial charge in [0.05, 0.1) is 33.2 Å². The van der Waals surface area contributed by atoms with Crippen molar-refractivity contribution in [3.63, 3.8) is 0 Å². The van der Waals surface area contributed by atoms with Crippen LogP contribution in [0.15, 0.2) is 47.6 Å². The molecule has 0 aliphatic carbocycles. The van der Waals surface area contributed by atoms with E-state index >= 15 is 0 Å². The van der Waals surface area contributed by atoms with Gasteiger partial charge in [0, 0.05) is 31.7 Å². The van der Waals surface area contributed by atoms with E-state index in [1.165, 1.54) is 25.3 Å². The molecule has 9 nitrogen and oxygen atoms in total. The van der Waals surface area contributed by atoms with Gasteiger partial charge in [0.15, 0.2) is 11.5 Å². The quantitative estimate of drug-likeness (QED) is 0.428. The first-order chi connectivity index (χ1) is 15.1. The summed E-state index contributed by atoms with van der Waals surface area (Å²) in [6.45, 7) is 2.06. The summed E-state index contributed by atoms with van der Waals surface area (Å²) in [7, 11) is 4.68. The van der Waals surface area contributed by atoms with Crippen LogP contribution in [0, 0.1) is 0 Å². The lowest BCUT2D eigenvalue weighted by Crippen LogP contribution is -2.52. The van der Waals surface area contributed by atoms with Crippen LogP contribution in [0.25, 0.3) is 0 Å². The molecule has 1 aliphatic rings. The number of hydrogen-bond acceptors (Lipinski definition) is 7. The molecule has 1 fully saturated rings. The van der Waals surface area contributed by atoms with Crippen LogP contribution in [-0.2, 0) is 9.59 Å². The van der Waals surface area contributed by atoms with Crippen LogP contribution in [0.1, 0.15) is 5.56 Å². The highest BCUT2D eigenvalue weighted by Crippen LogP contribution is 2.29. The fourth-order valence-electron chi connectivity index (χ4n) is 3.41. The normalized spacial score (nSPS) is 13.8. The van der Waals surface area contributed by atoms with Crippen LogP contribution >= 0.6 is 0 Å². The van der Waals surface area contributed by atoms with Crippen LogP contribution in [0.5, 0.6) is 17.2 Å². The van der Waals surface area contributed by atoms with Crippen molar-refractivity contribution in [2.75, 3.05) is 52.4 Å². The number of carbonyl (C=O) groups is 2. The Hall–Kier alpha value is -3.75. The fourth-order valence-corrected chi connectivity index (χ4v) is 3.41. The van der Waals surface area contributed by atoms with Crippen molar-refractivity contribution >= 4 is 23.7 Å². The van der Waals surface area contributed by atoms with Crippen molar-refractivity contribution in [1.29, 1.82) is 0 Å². The Morgan fingerprint density at radius 3 is 2.26 bits per heavy atom. The number of ether oxygens (including phenoxy) is 3. The molecule has 0 radical (unpaired) electrons. The number of piperazine rings is 1. The molecule has 0 aromatic heterocycles. The number of anilines is 1. The molecular weight excluding hydrogens is 400 g/mol. The molecule has 1 saturated heterocycles. The summed E-state index contributed by atoms with van der Waals surface area (Å²) in [5.41, 5.74) is 3.87. The molecule has 31 heavy (non-hydrogen) atoms. The molecule has 1 heterocycles. The van der Waals surface area contributed by atoms with Gasteiger partial charge in [-0.25, -0.2) is 5.43 Å². The Labute approximate surface area is 181 Å². The van der Waals surface area contributed by atoms with Gasteiger partial charge in [0.2, 0.25) is 0 Å². The van der Waals surface area contributed by atoms with Gasteiger partial charge in [-0.15, -0.1) is 0 Å². The SMILES string of the molecule is COc1ccccc1N1CCN(C(=O)C(=O)N/N=C\c2cccc(OC)c2OC)CC1. The number of rotatable bonds is 6. The molecule has 0 bridgehead atoms. The number of hydrogen-bond donors (Lipinski definition) is 1. The first kappa shape index (κ1) is 21.9.